The van der Waals surface area contributed by atoms with Gasteiger partial charge in [0.15, 0.2) is 15.0 Å². The number of aryl methyl sites for hydroxylation is 1. The van der Waals surface area contributed by atoms with Gasteiger partial charge in [0.2, 0.25) is 5.91 Å². The Hall–Kier alpha value is -2.52. The number of hydrogen-bond acceptors (Lipinski definition) is 6. The Labute approximate surface area is 186 Å². The molecule has 7 nitrogen and oxygen atoms in total. The molecule has 1 amide bonds. The fraction of sp³-hybridized carbons (Fsp3) is 0.364. The molecule has 2 aliphatic heterocycles. The van der Waals surface area contributed by atoms with Crippen molar-refractivity contribution in [2.24, 2.45) is 4.99 Å². The van der Waals surface area contributed by atoms with E-state index in [-0.39, 0.29) is 35.1 Å². The molecule has 0 radical (unpaired) electrons. The van der Waals surface area contributed by atoms with E-state index in [1.807, 2.05) is 35.2 Å². The van der Waals surface area contributed by atoms with Crippen LogP contribution in [0.5, 0.6) is 11.5 Å². The smallest absolute Gasteiger partial charge is 0.248 e. The summed E-state index contributed by atoms with van der Waals surface area (Å²) in [5, 5.41) is 0.330. The first-order chi connectivity index (χ1) is 14.9. The molecular formula is C22H24N2O5S2. The van der Waals surface area contributed by atoms with E-state index in [1.54, 1.807) is 32.4 Å². The van der Waals surface area contributed by atoms with Crippen LogP contribution in [0.15, 0.2) is 53.5 Å². The Bertz CT molecular complexity index is 1100. The summed E-state index contributed by atoms with van der Waals surface area (Å²) < 4.78 is 35.4. The summed E-state index contributed by atoms with van der Waals surface area (Å²) in [6, 6.07) is 14.8. The highest BCUT2D eigenvalue weighted by molar-refractivity contribution is 8.16. The topological polar surface area (TPSA) is 85.3 Å². The van der Waals surface area contributed by atoms with Gasteiger partial charge in [-0.15, -0.1) is 0 Å². The van der Waals surface area contributed by atoms with E-state index in [1.165, 1.54) is 11.8 Å². The highest BCUT2D eigenvalue weighted by Crippen LogP contribution is 2.45. The maximum Gasteiger partial charge on any atom is 0.248 e. The molecule has 2 saturated heterocycles. The predicted molar refractivity (Wildman–Crippen MR) is 123 cm³/mol. The van der Waals surface area contributed by atoms with Crippen LogP contribution >= 0.6 is 11.8 Å². The van der Waals surface area contributed by atoms with Gasteiger partial charge in [-0.2, -0.15) is 4.99 Å². The maximum atomic E-state index is 12.7. The van der Waals surface area contributed by atoms with Crippen LogP contribution in [0.1, 0.15) is 12.0 Å². The summed E-state index contributed by atoms with van der Waals surface area (Å²) in [5.41, 5.74) is 1.72. The van der Waals surface area contributed by atoms with Gasteiger partial charge in [-0.05, 0) is 24.1 Å². The molecule has 164 valence electrons. The second-order valence-electron chi connectivity index (χ2n) is 7.48. The molecule has 0 N–H and O–H groups in total. The molecule has 2 atom stereocenters. The number of fused-ring (bicyclic) bond motifs is 1. The van der Waals surface area contributed by atoms with Crippen LogP contribution in [0.4, 0.5) is 5.69 Å². The number of rotatable bonds is 6. The van der Waals surface area contributed by atoms with Gasteiger partial charge in [0.05, 0.1) is 37.5 Å². The largest absolute Gasteiger partial charge is 0.497 e. The van der Waals surface area contributed by atoms with Gasteiger partial charge in [-0.3, -0.25) is 4.79 Å². The molecule has 0 aliphatic carbocycles. The van der Waals surface area contributed by atoms with Crippen LogP contribution < -0.4 is 14.4 Å². The normalized spacial score (nSPS) is 23.0. The van der Waals surface area contributed by atoms with Crippen molar-refractivity contribution in [1.82, 2.24) is 0 Å². The van der Waals surface area contributed by atoms with Crippen LogP contribution in [0.2, 0.25) is 0 Å². The van der Waals surface area contributed by atoms with Gasteiger partial charge < -0.3 is 14.4 Å². The molecule has 4 rings (SSSR count). The van der Waals surface area contributed by atoms with Crippen molar-refractivity contribution in [3.63, 3.8) is 0 Å². The van der Waals surface area contributed by atoms with Crippen LogP contribution in [-0.2, 0) is 21.1 Å². The van der Waals surface area contributed by atoms with Crippen molar-refractivity contribution < 1.29 is 22.7 Å². The van der Waals surface area contributed by atoms with E-state index in [4.69, 9.17) is 9.47 Å². The van der Waals surface area contributed by atoms with Crippen LogP contribution in [0.25, 0.3) is 0 Å². The van der Waals surface area contributed by atoms with Gasteiger partial charge in [0.25, 0.3) is 0 Å². The second kappa shape index (κ2) is 8.92. The number of carbonyl (C=O) groups is 1. The fourth-order valence-corrected chi connectivity index (χ4v) is 7.81. The van der Waals surface area contributed by atoms with Crippen LogP contribution in [-0.4, -0.2) is 56.5 Å². The number of amidine groups is 1. The summed E-state index contributed by atoms with van der Waals surface area (Å²) >= 11 is 1.35. The van der Waals surface area contributed by atoms with Gasteiger partial charge in [0, 0.05) is 17.7 Å². The first-order valence-corrected chi connectivity index (χ1v) is 12.6. The number of methoxy groups -OCH3 is 2. The third-order valence-electron chi connectivity index (χ3n) is 5.40. The highest BCUT2D eigenvalue weighted by Gasteiger charge is 2.50. The molecule has 9 heteroatoms. The lowest BCUT2D eigenvalue weighted by Crippen LogP contribution is -2.38. The van der Waals surface area contributed by atoms with Crippen molar-refractivity contribution in [3.05, 3.63) is 54.1 Å². The quantitative estimate of drug-likeness (QED) is 0.655. The maximum absolute atomic E-state index is 12.7. The number of anilines is 1. The molecule has 0 aromatic heterocycles. The lowest BCUT2D eigenvalue weighted by atomic mass is 10.1. The average molecular weight is 461 g/mol. The molecule has 31 heavy (non-hydrogen) atoms. The van der Waals surface area contributed by atoms with Crippen LogP contribution in [0, 0.1) is 0 Å². The molecule has 0 spiro atoms. The number of benzene rings is 2. The minimum Gasteiger partial charge on any atom is -0.497 e. The third kappa shape index (κ3) is 4.72. The number of sulfone groups is 1. The molecule has 2 aromatic carbocycles. The van der Waals surface area contributed by atoms with Crippen LogP contribution in [0.3, 0.4) is 0 Å². The van der Waals surface area contributed by atoms with Crippen molar-refractivity contribution in [2.45, 2.75) is 24.1 Å². The number of thioether (sulfide) groups is 1. The number of aliphatic imine (C=N–C) groups is 1. The van der Waals surface area contributed by atoms with Gasteiger partial charge in [-0.25, -0.2) is 8.42 Å². The minimum atomic E-state index is -3.15. The number of nitrogens with zero attached hydrogens (tertiary/aromatic N) is 2. The molecule has 0 saturated carbocycles. The minimum absolute atomic E-state index is 0.0161. The zero-order chi connectivity index (χ0) is 22.0. The Morgan fingerprint density at radius 2 is 1.90 bits per heavy atom. The average Bonchev–Trinajstić information content (AvgIpc) is 3.23. The molecule has 2 aromatic rings. The van der Waals surface area contributed by atoms with E-state index in [9.17, 15) is 13.2 Å². The monoisotopic (exact) mass is 460 g/mol. The molecule has 2 fully saturated rings. The lowest BCUT2D eigenvalue weighted by molar-refractivity contribution is -0.117. The Morgan fingerprint density at radius 3 is 2.61 bits per heavy atom. The van der Waals surface area contributed by atoms with E-state index < -0.39 is 9.84 Å². The number of hydrogen-bond donors (Lipinski definition) is 0. The van der Waals surface area contributed by atoms with Gasteiger partial charge in [0.1, 0.15) is 11.5 Å². The zero-order valence-electron chi connectivity index (χ0n) is 17.4. The van der Waals surface area contributed by atoms with Crippen molar-refractivity contribution >= 4 is 38.4 Å². The summed E-state index contributed by atoms with van der Waals surface area (Å²) in [5.74, 6) is 1.03. The number of carbonyl (C=O) groups excluding carboxylic acids is 1. The van der Waals surface area contributed by atoms with E-state index in [2.05, 4.69) is 4.99 Å². The van der Waals surface area contributed by atoms with Crippen molar-refractivity contribution in [3.8, 4) is 11.5 Å². The first kappa shape index (κ1) is 21.7. The van der Waals surface area contributed by atoms with E-state index in [0.29, 0.717) is 28.8 Å². The Kier molecular flexibility index (Phi) is 6.24. The summed E-state index contributed by atoms with van der Waals surface area (Å²) in [4.78, 5) is 18.9. The Morgan fingerprint density at radius 1 is 1.13 bits per heavy atom. The number of ether oxygens (including phenoxy) is 2. The predicted octanol–water partition coefficient (Wildman–Crippen LogP) is 2.94. The number of amides is 1. The van der Waals surface area contributed by atoms with E-state index in [0.717, 1.165) is 5.56 Å². The second-order valence-corrected chi connectivity index (χ2v) is 10.8. The van der Waals surface area contributed by atoms with E-state index >= 15 is 0 Å². The first-order valence-electron chi connectivity index (χ1n) is 9.94. The third-order valence-corrected chi connectivity index (χ3v) is 8.61. The van der Waals surface area contributed by atoms with Gasteiger partial charge >= 0.3 is 0 Å². The van der Waals surface area contributed by atoms with Gasteiger partial charge in [-0.1, -0.05) is 42.1 Å². The molecule has 2 heterocycles. The summed E-state index contributed by atoms with van der Waals surface area (Å²) in [7, 11) is -0.0348. The SMILES string of the molecule is COc1ccc(OC)c(N2C(=NC(=O)CCc3ccccc3)S[C@H]3CS(=O)(=O)C[C@@H]32)c1. The Balaban J connectivity index is 1.65. The summed E-state index contributed by atoms with van der Waals surface area (Å²) in [6.45, 7) is 0. The molecular weight excluding hydrogens is 436 g/mol. The molecule has 0 bridgehead atoms. The van der Waals surface area contributed by atoms with Crippen molar-refractivity contribution in [1.29, 1.82) is 0 Å². The standard InChI is InChI=1S/C22H24N2O5S2/c1-28-16-9-10-19(29-2)17(12-16)24-18-13-31(26,27)14-20(18)30-22(24)23-21(25)11-8-15-6-4-3-5-7-15/h3-7,9-10,12,18,20H,8,11,13-14H2,1-2H3/t18-,20-/m0/s1. The summed E-state index contributed by atoms with van der Waals surface area (Å²) in [6.07, 6.45) is 0.885. The fourth-order valence-electron chi connectivity index (χ4n) is 3.89. The zero-order valence-corrected chi connectivity index (χ0v) is 19.0. The van der Waals surface area contributed by atoms with Crippen molar-refractivity contribution in [2.75, 3.05) is 30.6 Å². The highest BCUT2D eigenvalue weighted by atomic mass is 32.2. The lowest BCUT2D eigenvalue weighted by Gasteiger charge is -2.26. The molecule has 0 unspecified atom stereocenters. The molecule has 2 aliphatic rings.